The second-order valence-corrected chi connectivity index (χ2v) is 10.4. The van der Waals surface area contributed by atoms with Gasteiger partial charge in [-0.05, 0) is 55.4 Å². The molecule has 0 saturated carbocycles. The van der Waals surface area contributed by atoms with E-state index in [0.717, 1.165) is 0 Å². The summed E-state index contributed by atoms with van der Waals surface area (Å²) < 4.78 is 2.49. The van der Waals surface area contributed by atoms with Crippen molar-refractivity contribution in [2.75, 3.05) is 0 Å². The van der Waals surface area contributed by atoms with E-state index < -0.39 is 7.27 Å². The van der Waals surface area contributed by atoms with Gasteiger partial charge in [0.25, 0.3) is 0 Å². The van der Waals surface area contributed by atoms with Crippen molar-refractivity contribution < 1.29 is 17.0 Å². The number of hydrogen-bond acceptors (Lipinski definition) is 1. The molecular weight excluding hydrogens is 329 g/mol. The van der Waals surface area contributed by atoms with Crippen LogP contribution in [-0.4, -0.2) is 44.0 Å². The summed E-state index contributed by atoms with van der Waals surface area (Å²) in [5, 5.41) is 2.87. The fourth-order valence-corrected chi connectivity index (χ4v) is 7.85. The molecule has 0 fully saturated rings. The zero-order chi connectivity index (χ0) is 14.9. The first kappa shape index (κ1) is 20.8. The van der Waals surface area contributed by atoms with Crippen LogP contribution >= 0.6 is 26.7 Å². The maximum Gasteiger partial charge on any atom is 0.244 e. The topological polar surface area (TPSA) is 6.25 Å². The smallest absolute Gasteiger partial charge is 0.244 e. The highest BCUT2D eigenvalue weighted by Crippen LogP contribution is 2.60. The van der Waals surface area contributed by atoms with Crippen LogP contribution in [0, 0.1) is 0 Å². The van der Waals surface area contributed by atoms with E-state index in [0.29, 0.717) is 24.2 Å². The molecular formula is C14H28Cl2N2P2. The second-order valence-electron chi connectivity index (χ2n) is 6.18. The van der Waals surface area contributed by atoms with Gasteiger partial charge in [-0.3, -0.25) is 4.90 Å². The van der Waals surface area contributed by atoms with Crippen molar-refractivity contribution >= 4 is 37.1 Å². The van der Waals surface area contributed by atoms with Gasteiger partial charge in [0.2, 0.25) is 5.19 Å². The first-order valence-electron chi connectivity index (χ1n) is 7.16. The Bertz CT molecular complexity index is 373. The van der Waals surface area contributed by atoms with Crippen LogP contribution < -0.4 is 12.4 Å². The Morgan fingerprint density at radius 2 is 1.35 bits per heavy atom. The molecule has 0 radical (unpaired) electrons. The van der Waals surface area contributed by atoms with Gasteiger partial charge in [0.1, 0.15) is 19.4 Å². The minimum Gasteiger partial charge on any atom is -1.00 e. The van der Waals surface area contributed by atoms with Gasteiger partial charge in [0.15, 0.2) is 0 Å². The average Bonchev–Trinajstić information content (AvgIpc) is 2.24. The largest absolute Gasteiger partial charge is 1.00 e. The highest BCUT2D eigenvalue weighted by molar-refractivity contribution is 8.29. The lowest BCUT2D eigenvalue weighted by atomic mass is 10.2. The third-order valence-electron chi connectivity index (χ3n) is 3.24. The molecule has 1 atom stereocenters. The summed E-state index contributed by atoms with van der Waals surface area (Å²) in [6, 6.07) is 2.11. The minimum atomic E-state index is -0.608. The lowest BCUT2D eigenvalue weighted by molar-refractivity contribution is -0.583. The fourth-order valence-electron chi connectivity index (χ4n) is 2.66. The van der Waals surface area contributed by atoms with Gasteiger partial charge in [-0.25, -0.2) is 4.58 Å². The van der Waals surface area contributed by atoms with Crippen molar-refractivity contribution in [1.82, 2.24) is 4.90 Å². The van der Waals surface area contributed by atoms with Gasteiger partial charge in [-0.1, -0.05) is 11.2 Å². The number of halogens is 2. The van der Waals surface area contributed by atoms with Gasteiger partial charge in [0.05, 0.1) is 5.16 Å². The summed E-state index contributed by atoms with van der Waals surface area (Å²) in [6.07, 6.45) is 0. The summed E-state index contributed by atoms with van der Waals surface area (Å²) in [5.74, 6) is 0. The number of hydrogen-bond donors (Lipinski definition) is 0. The summed E-state index contributed by atoms with van der Waals surface area (Å²) in [4.78, 5) is 2.49. The summed E-state index contributed by atoms with van der Waals surface area (Å²) in [7, 11) is 0.737. The molecule has 20 heavy (non-hydrogen) atoms. The Hall–Kier alpha value is 0.810. The van der Waals surface area contributed by atoms with Crippen LogP contribution in [0.5, 0.6) is 0 Å². The molecule has 0 aromatic heterocycles. The maximum absolute atomic E-state index is 6.75. The molecule has 0 N–H and O–H groups in total. The van der Waals surface area contributed by atoms with E-state index in [1.807, 2.05) is 0 Å². The summed E-state index contributed by atoms with van der Waals surface area (Å²) in [5.41, 5.74) is 0. The number of rotatable bonds is 5. The van der Waals surface area contributed by atoms with Crippen molar-refractivity contribution in [3.05, 3.63) is 0 Å². The van der Waals surface area contributed by atoms with E-state index in [1.165, 1.54) is 18.6 Å². The van der Waals surface area contributed by atoms with E-state index in [-0.39, 0.29) is 12.4 Å². The van der Waals surface area contributed by atoms with Crippen molar-refractivity contribution in [3.63, 3.8) is 0 Å². The molecule has 0 spiro atoms. The van der Waals surface area contributed by atoms with Gasteiger partial charge >= 0.3 is 0 Å². The van der Waals surface area contributed by atoms with Crippen LogP contribution in [0.2, 0.25) is 0 Å². The molecule has 0 bridgehead atoms. The van der Waals surface area contributed by atoms with E-state index in [9.17, 15) is 0 Å². The summed E-state index contributed by atoms with van der Waals surface area (Å²) >= 11 is 6.75. The lowest BCUT2D eigenvalue weighted by Gasteiger charge is -2.37. The molecule has 1 heterocycles. The summed E-state index contributed by atoms with van der Waals surface area (Å²) in [6.45, 7) is 18.0. The predicted octanol–water partition coefficient (Wildman–Crippen LogP) is 1.98. The molecule has 118 valence electrons. The fraction of sp³-hybridized carbons (Fsp3) is 0.857. The van der Waals surface area contributed by atoms with Gasteiger partial charge < -0.3 is 12.4 Å². The Morgan fingerprint density at radius 1 is 0.950 bits per heavy atom. The number of nitrogens with zero attached hydrogens (tertiary/aromatic N) is 2. The van der Waals surface area contributed by atoms with Crippen LogP contribution in [0.1, 0.15) is 55.4 Å². The highest BCUT2D eigenvalue weighted by Gasteiger charge is 2.42. The first-order chi connectivity index (χ1) is 8.68. The van der Waals surface area contributed by atoms with Crippen LogP contribution in [0.15, 0.2) is 0 Å². The zero-order valence-corrected chi connectivity index (χ0v) is 17.2. The van der Waals surface area contributed by atoms with Gasteiger partial charge in [0, 0.05) is 20.3 Å². The second kappa shape index (κ2) is 8.44. The standard InChI is InChI=1S/C14H28ClN2P2.ClH/c1-9(2)16(10(3)4)13-18-14(19(13)15)17(11(5)6)12(7)8;/h9-12H,1-8H3;1H/q+1;/p-1. The Labute approximate surface area is 138 Å². The lowest BCUT2D eigenvalue weighted by Crippen LogP contribution is -3.00. The van der Waals surface area contributed by atoms with Crippen LogP contribution in [0.4, 0.5) is 0 Å². The van der Waals surface area contributed by atoms with E-state index in [1.54, 1.807) is 0 Å². The highest BCUT2D eigenvalue weighted by atomic mass is 35.7. The molecule has 1 aliphatic heterocycles. The Balaban J connectivity index is 0.00000361. The average molecular weight is 357 g/mol. The maximum atomic E-state index is 6.75. The third kappa shape index (κ3) is 4.40. The molecule has 2 nitrogen and oxygen atoms in total. The van der Waals surface area contributed by atoms with E-state index >= 15 is 0 Å². The normalized spacial score (nSPS) is 19.6. The molecule has 0 aromatic carbocycles. The van der Waals surface area contributed by atoms with Crippen LogP contribution in [0.25, 0.3) is 0 Å². The van der Waals surface area contributed by atoms with Gasteiger partial charge in [-0.15, -0.1) is 0 Å². The molecule has 0 aliphatic carbocycles. The third-order valence-corrected chi connectivity index (χ3v) is 8.73. The minimum absolute atomic E-state index is 0. The molecule has 0 aromatic rings. The van der Waals surface area contributed by atoms with Crippen molar-refractivity contribution in [3.8, 4) is 0 Å². The molecule has 1 unspecified atom stereocenters. The monoisotopic (exact) mass is 356 g/mol. The van der Waals surface area contributed by atoms with Crippen LogP contribution in [0.3, 0.4) is 0 Å². The van der Waals surface area contributed by atoms with Crippen molar-refractivity contribution in [2.45, 2.75) is 79.6 Å². The molecule has 1 aliphatic rings. The Morgan fingerprint density at radius 3 is 1.60 bits per heavy atom. The predicted molar refractivity (Wildman–Crippen MR) is 92.4 cm³/mol. The molecule has 6 heteroatoms. The molecule has 1 rings (SSSR count). The molecule has 0 amide bonds. The van der Waals surface area contributed by atoms with Gasteiger partial charge in [-0.2, -0.15) is 0 Å². The SMILES string of the molecule is CC(C)N(C1=PC(=[N+](C(C)C)C(C)C)P1Cl)C(C)C.[Cl-]. The van der Waals surface area contributed by atoms with E-state index in [4.69, 9.17) is 11.2 Å². The quantitative estimate of drug-likeness (QED) is 0.539. The van der Waals surface area contributed by atoms with Crippen molar-refractivity contribution in [1.29, 1.82) is 0 Å². The van der Waals surface area contributed by atoms with E-state index in [2.05, 4.69) is 64.9 Å². The first-order valence-corrected chi connectivity index (χ1v) is 10.3. The Kier molecular flexibility index (Phi) is 8.79. The zero-order valence-electron chi connectivity index (χ0n) is 13.9. The van der Waals surface area contributed by atoms with Crippen molar-refractivity contribution in [2.24, 2.45) is 0 Å². The molecule has 0 saturated heterocycles. The van der Waals surface area contributed by atoms with Crippen LogP contribution in [-0.2, 0) is 0 Å².